The van der Waals surface area contributed by atoms with Crippen molar-refractivity contribution < 1.29 is 14.3 Å². The molecule has 0 radical (unpaired) electrons. The molecule has 2 heterocycles. The molecule has 0 bridgehead atoms. The van der Waals surface area contributed by atoms with Gasteiger partial charge in [0.15, 0.2) is 6.10 Å². The van der Waals surface area contributed by atoms with Gasteiger partial charge in [-0.05, 0) is 44.6 Å². The Bertz CT molecular complexity index is 882. The first kappa shape index (κ1) is 21.3. The minimum absolute atomic E-state index is 0.0776. The number of thiazole rings is 1. The first-order valence-corrected chi connectivity index (χ1v) is 11.0. The van der Waals surface area contributed by atoms with Crippen LogP contribution >= 0.6 is 11.3 Å². The lowest BCUT2D eigenvalue weighted by molar-refractivity contribution is -0.160. The van der Waals surface area contributed by atoms with Crippen molar-refractivity contribution in [2.24, 2.45) is 5.92 Å². The molecule has 7 heteroatoms. The van der Waals surface area contributed by atoms with E-state index < -0.39 is 12.1 Å². The molecule has 156 valence electrons. The van der Waals surface area contributed by atoms with Gasteiger partial charge in [0, 0.05) is 30.7 Å². The van der Waals surface area contributed by atoms with E-state index in [4.69, 9.17) is 4.74 Å². The van der Waals surface area contributed by atoms with Gasteiger partial charge >= 0.3 is 10.8 Å². The van der Waals surface area contributed by atoms with Gasteiger partial charge in [-0.15, -0.1) is 0 Å². The average molecular weight is 417 g/mol. The van der Waals surface area contributed by atoms with Crippen LogP contribution in [-0.2, 0) is 27.3 Å². The van der Waals surface area contributed by atoms with Gasteiger partial charge in [0.2, 0.25) is 0 Å². The topological polar surface area (TPSA) is 68.6 Å². The van der Waals surface area contributed by atoms with E-state index in [-0.39, 0.29) is 23.7 Å². The number of carbonyl (C=O) groups excluding carboxylic acids is 2. The monoisotopic (exact) mass is 416 g/mol. The summed E-state index contributed by atoms with van der Waals surface area (Å²) >= 11 is 1.12. The minimum Gasteiger partial charge on any atom is -0.452 e. The highest BCUT2D eigenvalue weighted by atomic mass is 32.1. The summed E-state index contributed by atoms with van der Waals surface area (Å²) in [6.45, 7) is 5.12. The first-order chi connectivity index (χ1) is 13.9. The highest BCUT2D eigenvalue weighted by Gasteiger charge is 2.28. The van der Waals surface area contributed by atoms with Crippen molar-refractivity contribution in [1.29, 1.82) is 0 Å². The van der Waals surface area contributed by atoms with E-state index in [1.165, 1.54) is 5.56 Å². The highest BCUT2D eigenvalue weighted by Crippen LogP contribution is 2.22. The van der Waals surface area contributed by atoms with Gasteiger partial charge in [-0.3, -0.25) is 14.4 Å². The number of ether oxygens (including phenoxy) is 1. The summed E-state index contributed by atoms with van der Waals surface area (Å²) in [6.07, 6.45) is 2.24. The van der Waals surface area contributed by atoms with Crippen molar-refractivity contribution in [2.75, 3.05) is 13.1 Å². The molecule has 1 aliphatic heterocycles. The van der Waals surface area contributed by atoms with Gasteiger partial charge in [-0.25, -0.2) is 0 Å². The Hall–Kier alpha value is -2.41. The molecule has 0 saturated carbocycles. The molecule has 1 saturated heterocycles. The van der Waals surface area contributed by atoms with Crippen LogP contribution in [0.2, 0.25) is 0 Å². The fourth-order valence-corrected chi connectivity index (χ4v) is 4.51. The lowest BCUT2D eigenvalue weighted by Crippen LogP contribution is -2.44. The number of amides is 1. The second-order valence-electron chi connectivity index (χ2n) is 7.64. The average Bonchev–Trinajstić information content (AvgIpc) is 3.04. The third-order valence-corrected chi connectivity index (χ3v) is 6.35. The molecular weight excluding hydrogens is 388 g/mol. The SMILES string of the molecule is Cc1csc(=O)n1CCC(=O)OC(C)C(=O)N1CCC(Cc2ccccc2)CC1. The Morgan fingerprint density at radius 3 is 2.52 bits per heavy atom. The number of rotatable bonds is 7. The Labute approximate surface area is 175 Å². The van der Waals surface area contributed by atoms with Gasteiger partial charge in [-0.2, -0.15) is 0 Å². The summed E-state index contributed by atoms with van der Waals surface area (Å²) in [6, 6.07) is 10.4. The van der Waals surface area contributed by atoms with Crippen molar-refractivity contribution in [2.45, 2.75) is 52.2 Å². The lowest BCUT2D eigenvalue weighted by Gasteiger charge is -2.33. The number of carbonyl (C=O) groups is 2. The predicted octanol–water partition coefficient (Wildman–Crippen LogP) is 3.02. The zero-order valence-electron chi connectivity index (χ0n) is 17.0. The highest BCUT2D eigenvalue weighted by molar-refractivity contribution is 7.07. The van der Waals surface area contributed by atoms with Crippen LogP contribution in [0.15, 0.2) is 40.5 Å². The Balaban J connectivity index is 1.42. The quantitative estimate of drug-likeness (QED) is 0.651. The number of esters is 1. The van der Waals surface area contributed by atoms with E-state index in [2.05, 4.69) is 24.3 Å². The number of piperidine rings is 1. The number of nitrogens with zero attached hydrogens (tertiary/aromatic N) is 2. The van der Waals surface area contributed by atoms with Crippen LogP contribution in [0.3, 0.4) is 0 Å². The Morgan fingerprint density at radius 2 is 1.90 bits per heavy atom. The van der Waals surface area contributed by atoms with Gasteiger partial charge < -0.3 is 14.2 Å². The molecule has 2 aromatic rings. The van der Waals surface area contributed by atoms with E-state index in [0.29, 0.717) is 19.0 Å². The number of aromatic nitrogens is 1. The van der Waals surface area contributed by atoms with E-state index in [1.807, 2.05) is 13.0 Å². The normalized spacial score (nSPS) is 15.9. The summed E-state index contributed by atoms with van der Waals surface area (Å²) in [5, 5.41) is 1.77. The van der Waals surface area contributed by atoms with Gasteiger partial charge in [0.1, 0.15) is 0 Å². The molecule has 3 rings (SSSR count). The van der Waals surface area contributed by atoms with Crippen LogP contribution in [0.5, 0.6) is 0 Å². The van der Waals surface area contributed by atoms with Crippen LogP contribution < -0.4 is 4.87 Å². The number of likely N-dealkylation sites (tertiary alicyclic amines) is 1. The Morgan fingerprint density at radius 1 is 1.21 bits per heavy atom. The summed E-state index contributed by atoms with van der Waals surface area (Å²) in [5.41, 5.74) is 2.16. The van der Waals surface area contributed by atoms with E-state index in [1.54, 1.807) is 21.8 Å². The van der Waals surface area contributed by atoms with Crippen molar-refractivity contribution in [3.05, 3.63) is 56.6 Å². The van der Waals surface area contributed by atoms with E-state index >= 15 is 0 Å². The van der Waals surface area contributed by atoms with Crippen LogP contribution in [0.4, 0.5) is 0 Å². The van der Waals surface area contributed by atoms with E-state index in [9.17, 15) is 14.4 Å². The molecule has 0 N–H and O–H groups in total. The second kappa shape index (κ2) is 9.87. The molecule has 1 atom stereocenters. The molecule has 1 aromatic carbocycles. The maximum Gasteiger partial charge on any atom is 0.308 e. The molecule has 1 aliphatic rings. The van der Waals surface area contributed by atoms with Crippen molar-refractivity contribution in [1.82, 2.24) is 9.47 Å². The molecule has 1 unspecified atom stereocenters. The molecule has 1 fully saturated rings. The number of hydrogen-bond donors (Lipinski definition) is 0. The van der Waals surface area contributed by atoms with Crippen LogP contribution in [0, 0.1) is 12.8 Å². The van der Waals surface area contributed by atoms with Crippen molar-refractivity contribution in [3.63, 3.8) is 0 Å². The third kappa shape index (κ3) is 5.79. The number of aryl methyl sites for hydroxylation is 1. The van der Waals surface area contributed by atoms with Gasteiger partial charge in [0.25, 0.3) is 5.91 Å². The fourth-order valence-electron chi connectivity index (χ4n) is 3.75. The summed E-state index contributed by atoms with van der Waals surface area (Å²) in [7, 11) is 0. The number of benzene rings is 1. The molecule has 1 aromatic heterocycles. The van der Waals surface area contributed by atoms with Crippen LogP contribution in [0.1, 0.15) is 37.4 Å². The van der Waals surface area contributed by atoms with Crippen LogP contribution in [0.25, 0.3) is 0 Å². The second-order valence-corrected chi connectivity index (χ2v) is 8.46. The summed E-state index contributed by atoms with van der Waals surface area (Å²) in [5.74, 6) is -0.0193. The lowest BCUT2D eigenvalue weighted by atomic mass is 9.90. The standard InChI is InChI=1S/C22H28N2O4S/c1-16-15-29-22(27)24(16)13-10-20(25)28-17(2)21(26)23-11-8-19(9-12-23)14-18-6-4-3-5-7-18/h3-7,15,17,19H,8-14H2,1-2H3. The maximum atomic E-state index is 12.6. The van der Waals surface area contributed by atoms with Gasteiger partial charge in [-0.1, -0.05) is 41.7 Å². The van der Waals surface area contributed by atoms with E-state index in [0.717, 1.165) is 36.3 Å². The predicted molar refractivity (Wildman–Crippen MR) is 113 cm³/mol. The molecule has 0 spiro atoms. The maximum absolute atomic E-state index is 12.6. The largest absolute Gasteiger partial charge is 0.452 e. The first-order valence-electron chi connectivity index (χ1n) is 10.1. The molecular formula is C22H28N2O4S. The summed E-state index contributed by atoms with van der Waals surface area (Å²) in [4.78, 5) is 38.2. The molecule has 29 heavy (non-hydrogen) atoms. The smallest absolute Gasteiger partial charge is 0.308 e. The minimum atomic E-state index is -0.798. The molecule has 1 amide bonds. The third-order valence-electron chi connectivity index (χ3n) is 5.47. The fraction of sp³-hybridized carbons (Fsp3) is 0.500. The molecule has 0 aliphatic carbocycles. The van der Waals surface area contributed by atoms with Crippen LogP contribution in [-0.4, -0.2) is 40.5 Å². The van der Waals surface area contributed by atoms with Crippen molar-refractivity contribution in [3.8, 4) is 0 Å². The Kier molecular flexibility index (Phi) is 7.25. The molecule has 6 nitrogen and oxygen atoms in total. The summed E-state index contributed by atoms with van der Waals surface area (Å²) < 4.78 is 6.88. The van der Waals surface area contributed by atoms with Crippen molar-refractivity contribution >= 4 is 23.2 Å². The zero-order chi connectivity index (χ0) is 20.8. The van der Waals surface area contributed by atoms with Gasteiger partial charge in [0.05, 0.1) is 6.42 Å². The zero-order valence-corrected chi connectivity index (χ0v) is 17.8. The number of hydrogen-bond acceptors (Lipinski definition) is 5.